The van der Waals surface area contributed by atoms with Crippen LogP contribution in [0.4, 0.5) is 17.6 Å². The van der Waals surface area contributed by atoms with Crippen LogP contribution in [0.1, 0.15) is 31.4 Å². The number of likely N-dealkylation sites (N-methyl/N-ethyl adjacent to an activating group) is 1. The van der Waals surface area contributed by atoms with Crippen molar-refractivity contribution >= 4 is 0 Å². The molecular weight excluding hydrogens is 274 g/mol. The maximum atomic E-state index is 13.2. The van der Waals surface area contributed by atoms with Gasteiger partial charge >= 0.3 is 6.18 Å². The van der Waals surface area contributed by atoms with Gasteiger partial charge in [0, 0.05) is 19.6 Å². The van der Waals surface area contributed by atoms with Crippen molar-refractivity contribution in [3.8, 4) is 0 Å². The number of hydrogen-bond acceptors (Lipinski definition) is 2. The number of benzene rings is 1. The summed E-state index contributed by atoms with van der Waals surface area (Å²) in [5, 5.41) is 3.05. The minimum atomic E-state index is -4.17. The fourth-order valence-electron chi connectivity index (χ4n) is 1.75. The highest BCUT2D eigenvalue weighted by Crippen LogP contribution is 2.23. The lowest BCUT2D eigenvalue weighted by atomic mass is 10.1. The topological polar surface area (TPSA) is 21.3 Å². The van der Waals surface area contributed by atoms with Crippen LogP contribution in [0.3, 0.4) is 0 Å². The van der Waals surface area contributed by atoms with E-state index in [4.69, 9.17) is 4.74 Å². The Morgan fingerprint density at radius 2 is 2.05 bits per heavy atom. The van der Waals surface area contributed by atoms with Gasteiger partial charge in [0.2, 0.25) is 0 Å². The lowest BCUT2D eigenvalue weighted by Gasteiger charge is -2.19. The van der Waals surface area contributed by atoms with E-state index < -0.39 is 18.7 Å². The fraction of sp³-hybridized carbons (Fsp3) is 0.571. The Hall–Kier alpha value is -1.14. The molecule has 0 saturated heterocycles. The van der Waals surface area contributed by atoms with Gasteiger partial charge < -0.3 is 10.1 Å². The van der Waals surface area contributed by atoms with Crippen molar-refractivity contribution in [3.63, 3.8) is 0 Å². The van der Waals surface area contributed by atoms with E-state index in [1.807, 2.05) is 6.92 Å². The second kappa shape index (κ2) is 8.21. The SMILES string of the molecule is CCNCC(OCCCC(F)(F)F)c1cccc(F)c1. The maximum Gasteiger partial charge on any atom is 0.389 e. The third-order valence-corrected chi connectivity index (χ3v) is 2.72. The van der Waals surface area contributed by atoms with E-state index in [1.54, 1.807) is 12.1 Å². The smallest absolute Gasteiger partial charge is 0.372 e. The number of ether oxygens (including phenoxy) is 1. The van der Waals surface area contributed by atoms with Crippen LogP contribution in [-0.4, -0.2) is 25.9 Å². The van der Waals surface area contributed by atoms with Crippen LogP contribution in [0.15, 0.2) is 24.3 Å². The first-order chi connectivity index (χ1) is 9.42. The molecule has 0 bridgehead atoms. The minimum absolute atomic E-state index is 0.00785. The van der Waals surface area contributed by atoms with Crippen LogP contribution in [0.25, 0.3) is 0 Å². The van der Waals surface area contributed by atoms with Crippen molar-refractivity contribution in [2.24, 2.45) is 0 Å². The van der Waals surface area contributed by atoms with E-state index in [0.717, 1.165) is 0 Å². The van der Waals surface area contributed by atoms with E-state index >= 15 is 0 Å². The highest BCUT2D eigenvalue weighted by molar-refractivity contribution is 5.19. The van der Waals surface area contributed by atoms with Gasteiger partial charge in [0.25, 0.3) is 0 Å². The molecule has 0 amide bonds. The molecule has 1 unspecified atom stereocenters. The minimum Gasteiger partial charge on any atom is -0.372 e. The van der Waals surface area contributed by atoms with E-state index in [9.17, 15) is 17.6 Å². The lowest BCUT2D eigenvalue weighted by Crippen LogP contribution is -2.23. The molecule has 1 aromatic rings. The summed E-state index contributed by atoms with van der Waals surface area (Å²) in [6.45, 7) is 3.04. The first-order valence-electron chi connectivity index (χ1n) is 6.57. The van der Waals surface area contributed by atoms with Gasteiger partial charge in [-0.25, -0.2) is 4.39 Å². The quantitative estimate of drug-likeness (QED) is 0.581. The van der Waals surface area contributed by atoms with Gasteiger partial charge in [-0.2, -0.15) is 13.2 Å². The molecule has 1 rings (SSSR count). The normalized spacial score (nSPS) is 13.4. The average molecular weight is 293 g/mol. The van der Waals surface area contributed by atoms with Crippen LogP contribution in [0.5, 0.6) is 0 Å². The third-order valence-electron chi connectivity index (χ3n) is 2.72. The largest absolute Gasteiger partial charge is 0.389 e. The monoisotopic (exact) mass is 293 g/mol. The Bertz CT molecular complexity index is 395. The van der Waals surface area contributed by atoms with Crippen molar-refractivity contribution in [1.29, 1.82) is 0 Å². The molecule has 6 heteroatoms. The predicted molar refractivity (Wildman–Crippen MR) is 68.9 cm³/mol. The zero-order valence-electron chi connectivity index (χ0n) is 11.3. The first kappa shape index (κ1) is 16.9. The summed E-state index contributed by atoms with van der Waals surface area (Å²) in [7, 11) is 0. The zero-order valence-corrected chi connectivity index (χ0v) is 11.3. The standard InChI is InChI=1S/C14H19F4NO/c1-2-19-10-13(11-5-3-6-12(15)9-11)20-8-4-7-14(16,17)18/h3,5-6,9,13,19H,2,4,7-8,10H2,1H3. The lowest BCUT2D eigenvalue weighted by molar-refractivity contribution is -0.138. The van der Waals surface area contributed by atoms with Gasteiger partial charge in [-0.1, -0.05) is 19.1 Å². The summed E-state index contributed by atoms with van der Waals surface area (Å²) >= 11 is 0. The molecule has 0 spiro atoms. The Kier molecular flexibility index (Phi) is 6.95. The fourth-order valence-corrected chi connectivity index (χ4v) is 1.75. The van der Waals surface area contributed by atoms with E-state index in [2.05, 4.69) is 5.32 Å². The van der Waals surface area contributed by atoms with Crippen molar-refractivity contribution < 1.29 is 22.3 Å². The van der Waals surface area contributed by atoms with Crippen molar-refractivity contribution in [1.82, 2.24) is 5.32 Å². The summed E-state index contributed by atoms with van der Waals surface area (Å²) in [5.41, 5.74) is 0.623. The van der Waals surface area contributed by atoms with Gasteiger partial charge in [0.15, 0.2) is 0 Å². The van der Waals surface area contributed by atoms with Crippen LogP contribution in [0.2, 0.25) is 0 Å². The number of alkyl halides is 3. The van der Waals surface area contributed by atoms with Crippen molar-refractivity contribution in [2.45, 2.75) is 32.0 Å². The van der Waals surface area contributed by atoms with E-state index in [1.165, 1.54) is 12.1 Å². The van der Waals surface area contributed by atoms with Crippen LogP contribution in [-0.2, 0) is 4.74 Å². The molecule has 1 N–H and O–H groups in total. The molecule has 0 aromatic heterocycles. The van der Waals surface area contributed by atoms with Gasteiger partial charge in [0.05, 0.1) is 6.10 Å². The molecule has 20 heavy (non-hydrogen) atoms. The highest BCUT2D eigenvalue weighted by Gasteiger charge is 2.26. The highest BCUT2D eigenvalue weighted by atomic mass is 19.4. The van der Waals surface area contributed by atoms with Gasteiger partial charge in [-0.15, -0.1) is 0 Å². The molecular formula is C14H19F4NO. The molecule has 114 valence electrons. The number of nitrogens with one attached hydrogen (secondary N) is 1. The van der Waals surface area contributed by atoms with Gasteiger partial charge in [0.1, 0.15) is 5.82 Å². The van der Waals surface area contributed by atoms with Crippen molar-refractivity contribution in [2.75, 3.05) is 19.7 Å². The summed E-state index contributed by atoms with van der Waals surface area (Å²) in [5.74, 6) is -0.386. The number of rotatable bonds is 8. The molecule has 0 aliphatic rings. The second-order valence-corrected chi connectivity index (χ2v) is 4.44. The van der Waals surface area contributed by atoms with Crippen LogP contribution < -0.4 is 5.32 Å². The Balaban J connectivity index is 2.52. The molecule has 0 radical (unpaired) electrons. The summed E-state index contributed by atoms with van der Waals surface area (Å²) in [6.07, 6.45) is -5.58. The van der Waals surface area contributed by atoms with Crippen molar-refractivity contribution in [3.05, 3.63) is 35.6 Å². The molecule has 1 aromatic carbocycles. The zero-order chi connectivity index (χ0) is 15.0. The number of hydrogen-bond donors (Lipinski definition) is 1. The van der Waals surface area contributed by atoms with Gasteiger partial charge in [-0.05, 0) is 30.7 Å². The first-order valence-corrected chi connectivity index (χ1v) is 6.57. The van der Waals surface area contributed by atoms with E-state index in [0.29, 0.717) is 18.7 Å². The second-order valence-electron chi connectivity index (χ2n) is 4.44. The summed E-state index contributed by atoms with van der Waals surface area (Å²) < 4.78 is 54.7. The Labute approximate surface area is 116 Å². The molecule has 0 aliphatic carbocycles. The molecule has 2 nitrogen and oxygen atoms in total. The predicted octanol–water partition coefficient (Wildman–Crippen LogP) is 3.84. The maximum absolute atomic E-state index is 13.2. The summed E-state index contributed by atoms with van der Waals surface area (Å²) in [4.78, 5) is 0. The molecule has 0 fully saturated rings. The molecule has 0 heterocycles. The molecule has 0 aliphatic heterocycles. The average Bonchev–Trinajstić information content (AvgIpc) is 2.36. The molecule has 0 saturated carbocycles. The summed E-state index contributed by atoms with van der Waals surface area (Å²) in [6, 6.07) is 5.92. The molecule has 1 atom stereocenters. The van der Waals surface area contributed by atoms with Crippen LogP contribution in [0, 0.1) is 5.82 Å². The van der Waals surface area contributed by atoms with Crippen LogP contribution >= 0.6 is 0 Å². The van der Waals surface area contributed by atoms with E-state index in [-0.39, 0.29) is 18.8 Å². The number of halogens is 4. The Morgan fingerprint density at radius 1 is 1.30 bits per heavy atom. The third kappa shape index (κ3) is 6.86. The Morgan fingerprint density at radius 3 is 2.65 bits per heavy atom. The van der Waals surface area contributed by atoms with Gasteiger partial charge in [-0.3, -0.25) is 0 Å².